The van der Waals surface area contributed by atoms with Crippen LogP contribution in [0.1, 0.15) is 34.7 Å². The number of benzene rings is 1. The highest BCUT2D eigenvalue weighted by molar-refractivity contribution is 5.89. The van der Waals surface area contributed by atoms with Crippen LogP contribution in [0.15, 0.2) is 24.3 Å². The van der Waals surface area contributed by atoms with E-state index < -0.39 is 12.1 Å². The summed E-state index contributed by atoms with van der Waals surface area (Å²) < 4.78 is 12.6. The van der Waals surface area contributed by atoms with Gasteiger partial charge in [-0.1, -0.05) is 18.2 Å². The first-order valence-electron chi connectivity index (χ1n) is 4.64. The van der Waals surface area contributed by atoms with Crippen molar-refractivity contribution in [1.82, 2.24) is 0 Å². The van der Waals surface area contributed by atoms with Crippen molar-refractivity contribution >= 4 is 5.97 Å². The van der Waals surface area contributed by atoms with Gasteiger partial charge in [-0.3, -0.25) is 0 Å². The van der Waals surface area contributed by atoms with Crippen molar-refractivity contribution in [2.45, 2.75) is 24.9 Å². The third-order valence-corrected chi connectivity index (χ3v) is 2.71. The number of carboxylic acids is 1. The Bertz CT molecular complexity index is 356. The molecule has 0 atom stereocenters. The lowest BCUT2D eigenvalue weighted by atomic mass is 9.77. The maximum atomic E-state index is 12.6. The van der Waals surface area contributed by atoms with E-state index in [9.17, 15) is 9.18 Å². The maximum absolute atomic E-state index is 12.6. The van der Waals surface area contributed by atoms with E-state index in [0.29, 0.717) is 18.4 Å². The van der Waals surface area contributed by atoms with Crippen molar-refractivity contribution in [3.8, 4) is 0 Å². The van der Waals surface area contributed by atoms with Gasteiger partial charge in [0.05, 0.1) is 5.56 Å². The Balaban J connectivity index is 2.28. The molecule has 1 fully saturated rings. The largest absolute Gasteiger partial charge is 0.478 e. The summed E-state index contributed by atoms with van der Waals surface area (Å²) in [6, 6.07) is 6.84. The number of halogens is 1. The summed E-state index contributed by atoms with van der Waals surface area (Å²) in [4.78, 5) is 10.9. The number of aromatic carboxylic acids is 1. The topological polar surface area (TPSA) is 37.3 Å². The number of carbonyl (C=O) groups is 1. The highest BCUT2D eigenvalue weighted by Crippen LogP contribution is 2.40. The summed E-state index contributed by atoms with van der Waals surface area (Å²) in [5, 5.41) is 8.91. The van der Waals surface area contributed by atoms with E-state index in [1.807, 2.05) is 0 Å². The number of hydrogen-bond acceptors (Lipinski definition) is 1. The first kappa shape index (κ1) is 9.19. The van der Waals surface area contributed by atoms with Gasteiger partial charge < -0.3 is 5.11 Å². The normalized spacial score (nSPS) is 25.5. The fourth-order valence-corrected chi connectivity index (χ4v) is 1.85. The summed E-state index contributed by atoms with van der Waals surface area (Å²) in [7, 11) is 0. The van der Waals surface area contributed by atoms with Gasteiger partial charge in [0.2, 0.25) is 0 Å². The fourth-order valence-electron chi connectivity index (χ4n) is 1.85. The van der Waals surface area contributed by atoms with Crippen LogP contribution < -0.4 is 0 Å². The number of alkyl halides is 1. The molecule has 1 aromatic carbocycles. The van der Waals surface area contributed by atoms with Gasteiger partial charge in [-0.05, 0) is 30.4 Å². The van der Waals surface area contributed by atoms with Crippen molar-refractivity contribution in [2.24, 2.45) is 0 Å². The third kappa shape index (κ3) is 1.50. The standard InChI is InChI=1S/C11H11FO2/c12-8-5-7(6-8)9-3-1-2-4-10(9)11(13)14/h1-4,7-8H,5-6H2,(H,13,14). The molecule has 0 radical (unpaired) electrons. The van der Waals surface area contributed by atoms with E-state index in [0.717, 1.165) is 5.56 Å². The molecule has 1 N–H and O–H groups in total. The molecule has 0 bridgehead atoms. The second-order valence-electron chi connectivity index (χ2n) is 3.66. The third-order valence-electron chi connectivity index (χ3n) is 2.71. The number of carboxylic acid groups (broad SMARTS) is 1. The minimum Gasteiger partial charge on any atom is -0.478 e. The van der Waals surface area contributed by atoms with Gasteiger partial charge >= 0.3 is 5.97 Å². The average Bonchev–Trinajstić information content (AvgIpc) is 2.13. The molecule has 14 heavy (non-hydrogen) atoms. The van der Waals surface area contributed by atoms with Crippen LogP contribution >= 0.6 is 0 Å². The molecule has 1 aliphatic carbocycles. The van der Waals surface area contributed by atoms with Crippen molar-refractivity contribution in [2.75, 3.05) is 0 Å². The van der Waals surface area contributed by atoms with Crippen LogP contribution in [-0.2, 0) is 0 Å². The SMILES string of the molecule is O=C(O)c1ccccc1C1CC(F)C1. The number of rotatable bonds is 2. The monoisotopic (exact) mass is 194 g/mol. The van der Waals surface area contributed by atoms with Gasteiger partial charge in [0.25, 0.3) is 0 Å². The Morgan fingerprint density at radius 3 is 2.57 bits per heavy atom. The first-order valence-corrected chi connectivity index (χ1v) is 4.64. The Morgan fingerprint density at radius 1 is 1.36 bits per heavy atom. The minimum absolute atomic E-state index is 0.0947. The average molecular weight is 194 g/mol. The molecule has 0 unspecified atom stereocenters. The van der Waals surface area contributed by atoms with Gasteiger partial charge in [0.1, 0.15) is 6.17 Å². The predicted octanol–water partition coefficient (Wildman–Crippen LogP) is 2.60. The fraction of sp³-hybridized carbons (Fsp3) is 0.364. The predicted molar refractivity (Wildman–Crippen MR) is 50.3 cm³/mol. The van der Waals surface area contributed by atoms with Crippen LogP contribution in [0.3, 0.4) is 0 Å². The lowest BCUT2D eigenvalue weighted by Crippen LogP contribution is -2.24. The smallest absolute Gasteiger partial charge is 0.335 e. The van der Waals surface area contributed by atoms with E-state index in [2.05, 4.69) is 0 Å². The molecule has 2 nitrogen and oxygen atoms in total. The Kier molecular flexibility index (Phi) is 2.23. The van der Waals surface area contributed by atoms with Crippen LogP contribution in [0.4, 0.5) is 4.39 Å². The van der Waals surface area contributed by atoms with Crippen LogP contribution in [0.25, 0.3) is 0 Å². The summed E-state index contributed by atoms with van der Waals surface area (Å²) in [6.45, 7) is 0. The summed E-state index contributed by atoms with van der Waals surface area (Å²) in [5.41, 5.74) is 1.08. The number of hydrogen-bond donors (Lipinski definition) is 1. The van der Waals surface area contributed by atoms with E-state index in [4.69, 9.17) is 5.11 Å². The van der Waals surface area contributed by atoms with Gasteiger partial charge in [0, 0.05) is 0 Å². The van der Waals surface area contributed by atoms with Gasteiger partial charge in [-0.25, -0.2) is 9.18 Å². The molecule has 0 spiro atoms. The molecule has 0 aromatic heterocycles. The highest BCUT2D eigenvalue weighted by Gasteiger charge is 2.32. The molecule has 74 valence electrons. The van der Waals surface area contributed by atoms with Crippen LogP contribution in [0, 0.1) is 0 Å². The Labute approximate surface area is 81.4 Å². The molecule has 0 heterocycles. The molecule has 0 saturated heterocycles. The quantitative estimate of drug-likeness (QED) is 0.785. The molecule has 2 rings (SSSR count). The van der Waals surface area contributed by atoms with Crippen molar-refractivity contribution < 1.29 is 14.3 Å². The second kappa shape index (κ2) is 3.40. The summed E-state index contributed by atoms with van der Waals surface area (Å²) >= 11 is 0. The lowest BCUT2D eigenvalue weighted by molar-refractivity contribution is 0.0692. The Hall–Kier alpha value is -1.38. The zero-order chi connectivity index (χ0) is 10.1. The molecule has 3 heteroatoms. The van der Waals surface area contributed by atoms with E-state index in [1.165, 1.54) is 0 Å². The van der Waals surface area contributed by atoms with Crippen molar-refractivity contribution in [1.29, 1.82) is 0 Å². The Morgan fingerprint density at radius 2 is 2.00 bits per heavy atom. The molecule has 0 amide bonds. The van der Waals surface area contributed by atoms with E-state index >= 15 is 0 Å². The van der Waals surface area contributed by atoms with Gasteiger partial charge in [-0.15, -0.1) is 0 Å². The molecule has 1 saturated carbocycles. The molecular weight excluding hydrogens is 183 g/mol. The lowest BCUT2D eigenvalue weighted by Gasteiger charge is -2.30. The first-order chi connectivity index (χ1) is 6.68. The van der Waals surface area contributed by atoms with Gasteiger partial charge in [0.15, 0.2) is 0 Å². The van der Waals surface area contributed by atoms with Crippen LogP contribution in [0.2, 0.25) is 0 Å². The maximum Gasteiger partial charge on any atom is 0.335 e. The van der Waals surface area contributed by atoms with Gasteiger partial charge in [-0.2, -0.15) is 0 Å². The molecule has 0 aliphatic heterocycles. The van der Waals surface area contributed by atoms with E-state index in [-0.39, 0.29) is 5.92 Å². The summed E-state index contributed by atoms with van der Waals surface area (Å²) in [6.07, 6.45) is 0.177. The zero-order valence-corrected chi connectivity index (χ0v) is 7.61. The molecular formula is C11H11FO2. The minimum atomic E-state index is -0.928. The van der Waals surface area contributed by atoms with Crippen molar-refractivity contribution in [3.63, 3.8) is 0 Å². The summed E-state index contributed by atoms with van der Waals surface area (Å²) in [5.74, 6) is -0.833. The van der Waals surface area contributed by atoms with E-state index in [1.54, 1.807) is 24.3 Å². The van der Waals surface area contributed by atoms with Crippen LogP contribution in [-0.4, -0.2) is 17.2 Å². The zero-order valence-electron chi connectivity index (χ0n) is 7.61. The molecule has 1 aliphatic rings. The molecule has 1 aromatic rings. The second-order valence-corrected chi connectivity index (χ2v) is 3.66. The van der Waals surface area contributed by atoms with Crippen molar-refractivity contribution in [3.05, 3.63) is 35.4 Å². The highest BCUT2D eigenvalue weighted by atomic mass is 19.1. The van der Waals surface area contributed by atoms with Crippen LogP contribution in [0.5, 0.6) is 0 Å².